The Hall–Kier alpha value is -2.74. The van der Waals surface area contributed by atoms with Gasteiger partial charge in [-0.2, -0.15) is 13.9 Å². The van der Waals surface area contributed by atoms with Gasteiger partial charge in [-0.1, -0.05) is 6.07 Å². The van der Waals surface area contributed by atoms with E-state index < -0.39 is 17.0 Å². The molecule has 0 fully saturated rings. The van der Waals surface area contributed by atoms with Crippen molar-refractivity contribution in [3.8, 4) is 5.75 Å². The highest BCUT2D eigenvalue weighted by Gasteiger charge is 2.32. The zero-order valence-corrected chi connectivity index (χ0v) is 14.9. The smallest absolute Gasteiger partial charge is 0.364 e. The number of aryl methyl sites for hydroxylation is 2. The van der Waals surface area contributed by atoms with E-state index in [1.165, 1.54) is 13.2 Å². The summed E-state index contributed by atoms with van der Waals surface area (Å²) in [6.07, 6.45) is 0. The Morgan fingerprint density at radius 2 is 2.00 bits per heavy atom. The lowest BCUT2D eigenvalue weighted by Crippen LogP contribution is -2.15. The highest BCUT2D eigenvalue weighted by atomic mass is 35.5. The fourth-order valence-corrected chi connectivity index (χ4v) is 2.65. The van der Waals surface area contributed by atoms with Gasteiger partial charge in [-0.05, 0) is 49.2 Å². The first-order valence-electron chi connectivity index (χ1n) is 7.59. The minimum atomic E-state index is -3.65. The van der Waals surface area contributed by atoms with Crippen LogP contribution in [-0.4, -0.2) is 27.6 Å². The van der Waals surface area contributed by atoms with Crippen molar-refractivity contribution in [1.29, 1.82) is 0 Å². The number of hydrogen-bond donors (Lipinski definition) is 1. The van der Waals surface area contributed by atoms with Crippen LogP contribution in [0.25, 0.3) is 5.65 Å². The molecule has 26 heavy (non-hydrogen) atoms. The molecule has 0 saturated heterocycles. The average molecular weight is 381 g/mol. The van der Waals surface area contributed by atoms with Gasteiger partial charge in [0.25, 0.3) is 5.91 Å². The summed E-state index contributed by atoms with van der Waals surface area (Å²) in [4.78, 5) is 16.6. The number of methoxy groups -OCH3 is 1. The number of ether oxygens (including phenoxy) is 1. The summed E-state index contributed by atoms with van der Waals surface area (Å²) in [5, 5.41) is 2.95. The van der Waals surface area contributed by atoms with Crippen molar-refractivity contribution in [2.24, 2.45) is 0 Å². The van der Waals surface area contributed by atoms with Crippen LogP contribution < -0.4 is 10.1 Å². The molecule has 0 aliphatic heterocycles. The summed E-state index contributed by atoms with van der Waals surface area (Å²) < 4.78 is 33.3. The standard InChI is InChI=1S/C17H15ClF2N4O2/c1-9-4-5-13(26-3)11(6-9)22-16(25)12-8-15-21-10(2)7-14(17(18,19)20)24(15)23-12/h4-8H,1-3H3,(H,22,25). The molecule has 1 amide bonds. The number of amides is 1. The zero-order valence-electron chi connectivity index (χ0n) is 14.2. The molecule has 3 aromatic rings. The fourth-order valence-electron chi connectivity index (χ4n) is 2.52. The van der Waals surface area contributed by atoms with E-state index in [4.69, 9.17) is 16.3 Å². The average Bonchev–Trinajstić information content (AvgIpc) is 2.97. The van der Waals surface area contributed by atoms with Gasteiger partial charge in [0.05, 0.1) is 12.8 Å². The molecule has 0 spiro atoms. The first kappa shape index (κ1) is 18.1. The second-order valence-corrected chi connectivity index (χ2v) is 6.21. The van der Waals surface area contributed by atoms with Crippen LogP contribution in [0.5, 0.6) is 5.75 Å². The lowest BCUT2D eigenvalue weighted by atomic mass is 10.2. The number of nitrogens with zero attached hydrogens (tertiary/aromatic N) is 3. The monoisotopic (exact) mass is 380 g/mol. The van der Waals surface area contributed by atoms with E-state index in [1.54, 1.807) is 19.1 Å². The van der Waals surface area contributed by atoms with Gasteiger partial charge >= 0.3 is 5.38 Å². The molecule has 0 aliphatic rings. The second-order valence-electron chi connectivity index (χ2n) is 5.74. The third-order valence-electron chi connectivity index (χ3n) is 3.68. The normalized spacial score (nSPS) is 11.6. The summed E-state index contributed by atoms with van der Waals surface area (Å²) in [6, 6.07) is 7.72. The Morgan fingerprint density at radius 1 is 1.27 bits per heavy atom. The number of anilines is 1. The van der Waals surface area contributed by atoms with Crippen molar-refractivity contribution in [3.05, 3.63) is 53.0 Å². The maximum absolute atomic E-state index is 13.6. The van der Waals surface area contributed by atoms with E-state index in [2.05, 4.69) is 15.4 Å². The number of alkyl halides is 3. The van der Waals surface area contributed by atoms with Gasteiger partial charge in [-0.25, -0.2) is 9.50 Å². The number of carbonyl (C=O) groups is 1. The number of fused-ring (bicyclic) bond motifs is 1. The molecule has 9 heteroatoms. The SMILES string of the molecule is COc1ccc(C)cc1NC(=O)c1cc2nc(C)cc(C(F)(F)Cl)n2n1. The molecule has 0 unspecified atom stereocenters. The lowest BCUT2D eigenvalue weighted by molar-refractivity contribution is 0.0868. The van der Waals surface area contributed by atoms with Crippen molar-refractivity contribution in [2.45, 2.75) is 19.2 Å². The van der Waals surface area contributed by atoms with Gasteiger partial charge in [0.1, 0.15) is 11.4 Å². The minimum absolute atomic E-state index is 0.0752. The Balaban J connectivity index is 2.01. The second kappa shape index (κ2) is 6.53. The number of halogens is 3. The largest absolute Gasteiger partial charge is 0.495 e. The summed E-state index contributed by atoms with van der Waals surface area (Å²) in [6.45, 7) is 3.41. The van der Waals surface area contributed by atoms with Gasteiger partial charge in [0.2, 0.25) is 0 Å². The Morgan fingerprint density at radius 3 is 2.65 bits per heavy atom. The molecule has 0 atom stereocenters. The molecule has 1 N–H and O–H groups in total. The maximum atomic E-state index is 13.6. The van der Waals surface area contributed by atoms with Crippen molar-refractivity contribution in [3.63, 3.8) is 0 Å². The van der Waals surface area contributed by atoms with Crippen LogP contribution in [0.4, 0.5) is 14.5 Å². The predicted octanol–water partition coefficient (Wildman–Crippen LogP) is 3.90. The van der Waals surface area contributed by atoms with Crippen LogP contribution >= 0.6 is 11.6 Å². The molecule has 2 heterocycles. The third kappa shape index (κ3) is 3.45. The molecule has 1 aromatic carbocycles. The first-order valence-corrected chi connectivity index (χ1v) is 7.97. The van der Waals surface area contributed by atoms with E-state index in [9.17, 15) is 13.6 Å². The topological polar surface area (TPSA) is 68.5 Å². The Labute approximate surface area is 152 Å². The summed E-state index contributed by atoms with van der Waals surface area (Å²) >= 11 is 5.15. The third-order valence-corrected chi connectivity index (χ3v) is 3.88. The summed E-state index contributed by atoms with van der Waals surface area (Å²) in [5.41, 5.74) is 1.16. The molecular formula is C17H15ClF2N4O2. The Kier molecular flexibility index (Phi) is 4.53. The molecule has 3 rings (SSSR count). The van der Waals surface area contributed by atoms with E-state index in [-0.39, 0.29) is 11.3 Å². The van der Waals surface area contributed by atoms with Gasteiger partial charge in [-0.15, -0.1) is 0 Å². The number of nitrogens with one attached hydrogen (secondary N) is 1. The van der Waals surface area contributed by atoms with Gasteiger partial charge in [-0.3, -0.25) is 4.79 Å². The highest BCUT2D eigenvalue weighted by molar-refractivity contribution is 6.21. The van der Waals surface area contributed by atoms with Gasteiger partial charge < -0.3 is 10.1 Å². The predicted molar refractivity (Wildman–Crippen MR) is 93.2 cm³/mol. The van der Waals surface area contributed by atoms with Crippen molar-refractivity contribution in [1.82, 2.24) is 14.6 Å². The van der Waals surface area contributed by atoms with Crippen LogP contribution in [-0.2, 0) is 5.38 Å². The number of carbonyl (C=O) groups excluding carboxylic acids is 1. The van der Waals surface area contributed by atoms with E-state index in [1.807, 2.05) is 13.0 Å². The number of rotatable bonds is 4. The van der Waals surface area contributed by atoms with Crippen LogP contribution in [0.1, 0.15) is 27.4 Å². The highest BCUT2D eigenvalue weighted by Crippen LogP contribution is 2.33. The molecule has 0 aliphatic carbocycles. The lowest BCUT2D eigenvalue weighted by Gasteiger charge is -2.11. The number of aromatic nitrogens is 3. The van der Waals surface area contributed by atoms with E-state index >= 15 is 0 Å². The van der Waals surface area contributed by atoms with Crippen molar-refractivity contribution in [2.75, 3.05) is 12.4 Å². The van der Waals surface area contributed by atoms with Crippen molar-refractivity contribution >= 4 is 28.8 Å². The molecule has 0 bridgehead atoms. The van der Waals surface area contributed by atoms with Crippen LogP contribution in [0.15, 0.2) is 30.3 Å². The molecule has 0 radical (unpaired) electrons. The Bertz CT molecular complexity index is 998. The van der Waals surface area contributed by atoms with Crippen LogP contribution in [0.3, 0.4) is 0 Å². The molecular weight excluding hydrogens is 366 g/mol. The van der Waals surface area contributed by atoms with Crippen molar-refractivity contribution < 1.29 is 18.3 Å². The maximum Gasteiger partial charge on any atom is 0.364 e. The molecule has 136 valence electrons. The van der Waals surface area contributed by atoms with E-state index in [0.29, 0.717) is 17.1 Å². The number of hydrogen-bond acceptors (Lipinski definition) is 4. The minimum Gasteiger partial charge on any atom is -0.495 e. The van der Waals surface area contributed by atoms with Gasteiger partial charge in [0, 0.05) is 11.8 Å². The van der Waals surface area contributed by atoms with E-state index in [0.717, 1.165) is 16.1 Å². The summed E-state index contributed by atoms with van der Waals surface area (Å²) in [7, 11) is 1.48. The fraction of sp³-hybridized carbons (Fsp3) is 0.235. The molecule has 2 aromatic heterocycles. The quantitative estimate of drug-likeness (QED) is 0.697. The molecule has 0 saturated carbocycles. The van der Waals surface area contributed by atoms with Crippen LogP contribution in [0, 0.1) is 13.8 Å². The number of benzene rings is 1. The van der Waals surface area contributed by atoms with Crippen LogP contribution in [0.2, 0.25) is 0 Å². The van der Waals surface area contributed by atoms with Gasteiger partial charge in [0.15, 0.2) is 11.3 Å². The zero-order chi connectivity index (χ0) is 19.1. The first-order chi connectivity index (χ1) is 12.2. The molecule has 6 nitrogen and oxygen atoms in total. The summed E-state index contributed by atoms with van der Waals surface area (Å²) in [5.74, 6) is -0.115.